The Morgan fingerprint density at radius 3 is 2.86 bits per heavy atom. The molecular weight excluding hydrogens is 359 g/mol. The Balaban J connectivity index is 1.44. The zero-order valence-electron chi connectivity index (χ0n) is 15.3. The van der Waals surface area contributed by atoms with Gasteiger partial charge in [0, 0.05) is 31.7 Å². The fourth-order valence-corrected chi connectivity index (χ4v) is 3.48. The van der Waals surface area contributed by atoms with Crippen molar-refractivity contribution in [2.24, 2.45) is 5.92 Å². The van der Waals surface area contributed by atoms with Crippen molar-refractivity contribution in [2.75, 3.05) is 13.2 Å². The van der Waals surface area contributed by atoms with Crippen LogP contribution < -0.4 is 5.32 Å². The lowest BCUT2D eigenvalue weighted by molar-refractivity contribution is -0.126. The number of nitrogens with zero attached hydrogens (tertiary/aromatic N) is 3. The van der Waals surface area contributed by atoms with E-state index in [2.05, 4.69) is 15.4 Å². The molecule has 1 aromatic carbocycles. The number of rotatable bonds is 6. The van der Waals surface area contributed by atoms with Gasteiger partial charge < -0.3 is 10.1 Å². The Bertz CT molecular complexity index is 927. The standard InChI is InChI=1S/C21H21FN4O2/c22-16-3-5-17(6-4-16)26-19(8-12-25-26)20-18(9-13-28-20)21(27)24-11-7-15-2-1-10-23-14-15/h1-6,8,10,12,14,18,20H,7,9,11,13H2,(H,24,27)/t18-,20-/m0/s1. The molecule has 7 heteroatoms. The van der Waals surface area contributed by atoms with E-state index in [9.17, 15) is 9.18 Å². The first-order valence-electron chi connectivity index (χ1n) is 9.30. The second-order valence-corrected chi connectivity index (χ2v) is 6.73. The Labute approximate surface area is 162 Å². The summed E-state index contributed by atoms with van der Waals surface area (Å²) in [5, 5.41) is 7.34. The zero-order valence-corrected chi connectivity index (χ0v) is 15.3. The van der Waals surface area contributed by atoms with Gasteiger partial charge in [-0.25, -0.2) is 9.07 Å². The lowest BCUT2D eigenvalue weighted by Gasteiger charge is -2.19. The molecule has 1 amide bonds. The minimum atomic E-state index is -0.383. The SMILES string of the molecule is O=C(NCCc1cccnc1)[C@H]1CCO[C@@H]1c1ccnn1-c1ccc(F)cc1. The van der Waals surface area contributed by atoms with Gasteiger partial charge in [-0.05, 0) is 54.8 Å². The molecule has 4 rings (SSSR count). The Morgan fingerprint density at radius 1 is 1.21 bits per heavy atom. The van der Waals surface area contributed by atoms with Crippen LogP contribution in [-0.4, -0.2) is 33.8 Å². The Hall–Kier alpha value is -3.06. The number of benzene rings is 1. The Morgan fingerprint density at radius 2 is 2.07 bits per heavy atom. The third-order valence-electron chi connectivity index (χ3n) is 4.90. The van der Waals surface area contributed by atoms with Crippen LogP contribution in [0.15, 0.2) is 61.1 Å². The molecule has 1 aliphatic rings. The topological polar surface area (TPSA) is 69.0 Å². The molecule has 3 aromatic rings. The summed E-state index contributed by atoms with van der Waals surface area (Å²) in [6, 6.07) is 11.8. The molecule has 3 heterocycles. The van der Waals surface area contributed by atoms with Crippen molar-refractivity contribution in [2.45, 2.75) is 18.9 Å². The van der Waals surface area contributed by atoms with Crippen LogP contribution >= 0.6 is 0 Å². The summed E-state index contributed by atoms with van der Waals surface area (Å²) in [6.45, 7) is 1.06. The number of carbonyl (C=O) groups excluding carboxylic acids is 1. The van der Waals surface area contributed by atoms with Crippen molar-refractivity contribution >= 4 is 5.91 Å². The number of carbonyl (C=O) groups is 1. The van der Waals surface area contributed by atoms with Crippen LogP contribution in [0.1, 0.15) is 23.8 Å². The molecule has 2 atom stereocenters. The number of hydrogen-bond donors (Lipinski definition) is 1. The summed E-state index contributed by atoms with van der Waals surface area (Å²) in [6.07, 6.45) is 6.19. The van der Waals surface area contributed by atoms with E-state index in [1.807, 2.05) is 18.2 Å². The van der Waals surface area contributed by atoms with Crippen LogP contribution in [0.2, 0.25) is 0 Å². The number of amides is 1. The highest BCUT2D eigenvalue weighted by molar-refractivity contribution is 5.79. The van der Waals surface area contributed by atoms with Crippen LogP contribution in [0.4, 0.5) is 4.39 Å². The fraction of sp³-hybridized carbons (Fsp3) is 0.286. The molecule has 0 aliphatic carbocycles. The summed E-state index contributed by atoms with van der Waals surface area (Å²) in [5.41, 5.74) is 2.60. The number of pyridine rings is 1. The van der Waals surface area contributed by atoms with Crippen LogP contribution in [0.25, 0.3) is 5.69 Å². The molecule has 1 fully saturated rings. The van der Waals surface area contributed by atoms with Gasteiger partial charge in [0.15, 0.2) is 0 Å². The van der Waals surface area contributed by atoms with Crippen molar-refractivity contribution in [1.82, 2.24) is 20.1 Å². The van der Waals surface area contributed by atoms with E-state index in [1.165, 1.54) is 12.1 Å². The number of nitrogens with one attached hydrogen (secondary N) is 1. The molecular formula is C21H21FN4O2. The van der Waals surface area contributed by atoms with Gasteiger partial charge in [0.05, 0.1) is 17.3 Å². The summed E-state index contributed by atoms with van der Waals surface area (Å²) < 4.78 is 20.8. The van der Waals surface area contributed by atoms with Crippen molar-refractivity contribution in [3.63, 3.8) is 0 Å². The van der Waals surface area contributed by atoms with Gasteiger partial charge >= 0.3 is 0 Å². The van der Waals surface area contributed by atoms with Crippen molar-refractivity contribution in [3.05, 3.63) is 78.1 Å². The lowest BCUT2D eigenvalue weighted by Crippen LogP contribution is -2.34. The monoisotopic (exact) mass is 380 g/mol. The summed E-state index contributed by atoms with van der Waals surface area (Å²) in [7, 11) is 0. The molecule has 28 heavy (non-hydrogen) atoms. The maximum absolute atomic E-state index is 13.2. The molecule has 0 saturated carbocycles. The average Bonchev–Trinajstić information content (AvgIpc) is 3.38. The van der Waals surface area contributed by atoms with Gasteiger partial charge in [0.25, 0.3) is 0 Å². The second kappa shape index (κ2) is 8.31. The first-order chi connectivity index (χ1) is 13.7. The minimum Gasteiger partial charge on any atom is -0.371 e. The molecule has 0 spiro atoms. The van der Waals surface area contributed by atoms with Gasteiger partial charge in [0.2, 0.25) is 5.91 Å². The third-order valence-corrected chi connectivity index (χ3v) is 4.90. The largest absolute Gasteiger partial charge is 0.371 e. The summed E-state index contributed by atoms with van der Waals surface area (Å²) >= 11 is 0. The maximum Gasteiger partial charge on any atom is 0.226 e. The summed E-state index contributed by atoms with van der Waals surface area (Å²) in [4.78, 5) is 16.8. The quantitative estimate of drug-likeness (QED) is 0.714. The van der Waals surface area contributed by atoms with E-state index in [1.54, 1.807) is 35.4 Å². The first-order valence-corrected chi connectivity index (χ1v) is 9.30. The van der Waals surface area contributed by atoms with Gasteiger partial charge in [-0.1, -0.05) is 6.07 Å². The van der Waals surface area contributed by atoms with Crippen molar-refractivity contribution in [3.8, 4) is 5.69 Å². The normalized spacial score (nSPS) is 18.9. The third kappa shape index (κ3) is 3.94. The van der Waals surface area contributed by atoms with Crippen LogP contribution in [0.5, 0.6) is 0 Å². The van der Waals surface area contributed by atoms with Gasteiger partial charge in [0.1, 0.15) is 11.9 Å². The van der Waals surface area contributed by atoms with Gasteiger partial charge in [-0.15, -0.1) is 0 Å². The highest BCUT2D eigenvalue weighted by atomic mass is 19.1. The van der Waals surface area contributed by atoms with Crippen molar-refractivity contribution < 1.29 is 13.9 Å². The van der Waals surface area contributed by atoms with Crippen molar-refractivity contribution in [1.29, 1.82) is 0 Å². The highest BCUT2D eigenvalue weighted by Gasteiger charge is 2.37. The van der Waals surface area contributed by atoms with Crippen LogP contribution in [0.3, 0.4) is 0 Å². The molecule has 1 N–H and O–H groups in total. The van der Waals surface area contributed by atoms with Gasteiger partial charge in [-0.2, -0.15) is 5.10 Å². The lowest BCUT2D eigenvalue weighted by atomic mass is 9.97. The van der Waals surface area contributed by atoms with Crippen LogP contribution in [0, 0.1) is 11.7 Å². The van der Waals surface area contributed by atoms with E-state index in [4.69, 9.17) is 4.74 Å². The molecule has 0 radical (unpaired) electrons. The summed E-state index contributed by atoms with van der Waals surface area (Å²) in [5.74, 6) is -0.622. The molecule has 0 unspecified atom stereocenters. The fourth-order valence-electron chi connectivity index (χ4n) is 3.48. The predicted octanol–water partition coefficient (Wildman–Crippen LogP) is 2.84. The molecule has 6 nitrogen and oxygen atoms in total. The van der Waals surface area contributed by atoms with E-state index >= 15 is 0 Å². The second-order valence-electron chi connectivity index (χ2n) is 6.73. The predicted molar refractivity (Wildman–Crippen MR) is 101 cm³/mol. The van der Waals surface area contributed by atoms with E-state index in [0.29, 0.717) is 19.6 Å². The van der Waals surface area contributed by atoms with Crippen LogP contribution in [-0.2, 0) is 16.0 Å². The van der Waals surface area contributed by atoms with Gasteiger partial charge in [-0.3, -0.25) is 9.78 Å². The zero-order chi connectivity index (χ0) is 19.3. The molecule has 2 aromatic heterocycles. The average molecular weight is 380 g/mol. The molecule has 0 bridgehead atoms. The van der Waals surface area contributed by atoms with E-state index in [0.717, 1.165) is 23.4 Å². The number of aromatic nitrogens is 3. The number of ether oxygens (including phenoxy) is 1. The molecule has 144 valence electrons. The number of halogens is 1. The minimum absolute atomic E-state index is 0.0294. The molecule has 1 saturated heterocycles. The first kappa shape index (κ1) is 18.3. The van der Waals surface area contributed by atoms with E-state index in [-0.39, 0.29) is 23.7 Å². The maximum atomic E-state index is 13.2. The highest BCUT2D eigenvalue weighted by Crippen LogP contribution is 2.35. The smallest absolute Gasteiger partial charge is 0.226 e. The molecule has 1 aliphatic heterocycles. The van der Waals surface area contributed by atoms with E-state index < -0.39 is 0 Å². The number of hydrogen-bond acceptors (Lipinski definition) is 4. The Kier molecular flexibility index (Phi) is 5.43.